The van der Waals surface area contributed by atoms with E-state index >= 15 is 0 Å². The topological polar surface area (TPSA) is 38.3 Å². The van der Waals surface area contributed by atoms with E-state index in [-0.39, 0.29) is 5.97 Å². The minimum absolute atomic E-state index is 0.186. The van der Waals surface area contributed by atoms with Gasteiger partial charge in [-0.15, -0.1) is 0 Å². The molecule has 0 aliphatic heterocycles. The minimum atomic E-state index is -0.186. The van der Waals surface area contributed by atoms with Crippen molar-refractivity contribution in [3.05, 3.63) is 34.3 Å². The van der Waals surface area contributed by atoms with Gasteiger partial charge in [0, 0.05) is 17.6 Å². The van der Waals surface area contributed by atoms with Crippen molar-refractivity contribution in [2.45, 2.75) is 13.0 Å². The molecule has 3 nitrogen and oxygen atoms in total. The van der Waals surface area contributed by atoms with E-state index in [2.05, 4.69) is 26.0 Å². The van der Waals surface area contributed by atoms with E-state index in [1.165, 1.54) is 12.7 Å². The molecule has 15 heavy (non-hydrogen) atoms. The summed E-state index contributed by atoms with van der Waals surface area (Å²) in [7, 11) is 1.40. The summed E-state index contributed by atoms with van der Waals surface area (Å²) >= 11 is 3.46. The smallest absolute Gasteiger partial charge is 0.306 e. The summed E-state index contributed by atoms with van der Waals surface area (Å²) in [5, 5.41) is 3.18. The molecule has 0 atom stereocenters. The number of carbonyl (C=O) groups is 1. The molecule has 0 saturated carbocycles. The summed E-state index contributed by atoms with van der Waals surface area (Å²) in [5.41, 5.74) is 1.18. The summed E-state index contributed by atoms with van der Waals surface area (Å²) in [5.74, 6) is -0.186. The lowest BCUT2D eigenvalue weighted by Crippen LogP contribution is -2.18. The van der Waals surface area contributed by atoms with E-state index < -0.39 is 0 Å². The number of esters is 1. The number of hydrogen-bond acceptors (Lipinski definition) is 3. The summed E-state index contributed by atoms with van der Waals surface area (Å²) in [6.45, 7) is 1.38. The first kappa shape index (κ1) is 12.2. The summed E-state index contributed by atoms with van der Waals surface area (Å²) in [6.07, 6.45) is 0.404. The first-order valence-electron chi connectivity index (χ1n) is 4.75. The zero-order chi connectivity index (χ0) is 11.1. The number of carbonyl (C=O) groups excluding carboxylic acids is 1. The molecule has 0 spiro atoms. The van der Waals surface area contributed by atoms with Crippen molar-refractivity contribution in [1.29, 1.82) is 0 Å². The van der Waals surface area contributed by atoms with Gasteiger partial charge in [-0.3, -0.25) is 4.79 Å². The molecule has 0 aliphatic carbocycles. The second-order valence-corrected chi connectivity index (χ2v) is 3.95. The van der Waals surface area contributed by atoms with Crippen molar-refractivity contribution >= 4 is 21.9 Å². The Morgan fingerprint density at radius 1 is 1.47 bits per heavy atom. The molecule has 0 aromatic heterocycles. The Balaban J connectivity index is 2.26. The van der Waals surface area contributed by atoms with Crippen LogP contribution in [-0.2, 0) is 16.1 Å². The third kappa shape index (κ3) is 4.44. The standard InChI is InChI=1S/C11H14BrNO2/c1-15-11(14)6-7-13-8-9-4-2-3-5-10(9)12/h2-5,13H,6-8H2,1H3. The van der Waals surface area contributed by atoms with Gasteiger partial charge in [-0.1, -0.05) is 34.1 Å². The van der Waals surface area contributed by atoms with E-state index in [1.54, 1.807) is 0 Å². The Morgan fingerprint density at radius 3 is 2.87 bits per heavy atom. The predicted octanol–water partition coefficient (Wildman–Crippen LogP) is 2.10. The molecule has 1 aromatic rings. The van der Waals surface area contributed by atoms with E-state index in [4.69, 9.17) is 0 Å². The van der Waals surface area contributed by atoms with Crippen molar-refractivity contribution in [2.75, 3.05) is 13.7 Å². The molecular formula is C11H14BrNO2. The van der Waals surface area contributed by atoms with Gasteiger partial charge in [-0.25, -0.2) is 0 Å². The monoisotopic (exact) mass is 271 g/mol. The van der Waals surface area contributed by atoms with Gasteiger partial charge < -0.3 is 10.1 Å². The highest BCUT2D eigenvalue weighted by Gasteiger charge is 2.00. The highest BCUT2D eigenvalue weighted by molar-refractivity contribution is 9.10. The van der Waals surface area contributed by atoms with Crippen LogP contribution in [0.4, 0.5) is 0 Å². The van der Waals surface area contributed by atoms with Crippen LogP contribution in [0.1, 0.15) is 12.0 Å². The second kappa shape index (κ2) is 6.58. The molecule has 1 aromatic carbocycles. The lowest BCUT2D eigenvalue weighted by molar-refractivity contribution is -0.140. The SMILES string of the molecule is COC(=O)CCNCc1ccccc1Br. The predicted molar refractivity (Wildman–Crippen MR) is 62.5 cm³/mol. The highest BCUT2D eigenvalue weighted by Crippen LogP contribution is 2.15. The van der Waals surface area contributed by atoms with Crippen molar-refractivity contribution < 1.29 is 9.53 Å². The Hall–Kier alpha value is -0.870. The number of rotatable bonds is 5. The van der Waals surface area contributed by atoms with Crippen molar-refractivity contribution in [3.63, 3.8) is 0 Å². The number of halogens is 1. The van der Waals surface area contributed by atoms with Crippen LogP contribution in [0, 0.1) is 0 Å². The van der Waals surface area contributed by atoms with Gasteiger partial charge in [0.25, 0.3) is 0 Å². The van der Waals surface area contributed by atoms with E-state index in [1.807, 2.05) is 24.3 Å². The molecule has 0 unspecified atom stereocenters. The molecule has 0 aliphatic rings. The molecule has 0 heterocycles. The molecular weight excluding hydrogens is 258 g/mol. The van der Waals surface area contributed by atoms with Gasteiger partial charge in [0.2, 0.25) is 0 Å². The number of ether oxygens (including phenoxy) is 1. The Labute approximate surface area is 97.9 Å². The fraction of sp³-hybridized carbons (Fsp3) is 0.364. The molecule has 0 fully saturated rings. The fourth-order valence-electron chi connectivity index (χ4n) is 1.16. The lowest BCUT2D eigenvalue weighted by Gasteiger charge is -2.05. The van der Waals surface area contributed by atoms with Crippen LogP contribution in [0.3, 0.4) is 0 Å². The second-order valence-electron chi connectivity index (χ2n) is 3.09. The van der Waals surface area contributed by atoms with Gasteiger partial charge in [0.05, 0.1) is 13.5 Å². The van der Waals surface area contributed by atoms with Crippen LogP contribution in [0.5, 0.6) is 0 Å². The first-order valence-corrected chi connectivity index (χ1v) is 5.54. The summed E-state index contributed by atoms with van der Waals surface area (Å²) < 4.78 is 5.62. The zero-order valence-electron chi connectivity index (χ0n) is 8.63. The van der Waals surface area contributed by atoms with Gasteiger partial charge >= 0.3 is 5.97 Å². The number of nitrogens with one attached hydrogen (secondary N) is 1. The van der Waals surface area contributed by atoms with Crippen molar-refractivity contribution in [2.24, 2.45) is 0 Å². The molecule has 0 radical (unpaired) electrons. The Kier molecular flexibility index (Phi) is 5.36. The Morgan fingerprint density at radius 2 is 2.20 bits per heavy atom. The average molecular weight is 272 g/mol. The number of hydrogen-bond donors (Lipinski definition) is 1. The largest absolute Gasteiger partial charge is 0.469 e. The van der Waals surface area contributed by atoms with E-state index in [0.29, 0.717) is 13.0 Å². The first-order chi connectivity index (χ1) is 7.24. The molecule has 1 N–H and O–H groups in total. The van der Waals surface area contributed by atoms with Crippen molar-refractivity contribution in [3.8, 4) is 0 Å². The number of methoxy groups -OCH3 is 1. The maximum absolute atomic E-state index is 10.8. The molecule has 0 bridgehead atoms. The number of benzene rings is 1. The van der Waals surface area contributed by atoms with Crippen LogP contribution in [0.25, 0.3) is 0 Å². The van der Waals surface area contributed by atoms with E-state index in [0.717, 1.165) is 11.0 Å². The molecule has 0 saturated heterocycles. The summed E-state index contributed by atoms with van der Waals surface area (Å²) in [4.78, 5) is 10.8. The van der Waals surface area contributed by atoms with Gasteiger partial charge in [-0.2, -0.15) is 0 Å². The zero-order valence-corrected chi connectivity index (χ0v) is 10.2. The minimum Gasteiger partial charge on any atom is -0.469 e. The maximum Gasteiger partial charge on any atom is 0.306 e. The van der Waals surface area contributed by atoms with Crippen molar-refractivity contribution in [1.82, 2.24) is 5.32 Å². The van der Waals surface area contributed by atoms with Gasteiger partial charge in [0.15, 0.2) is 0 Å². The third-order valence-electron chi connectivity index (χ3n) is 2.01. The average Bonchev–Trinajstić information content (AvgIpc) is 2.26. The van der Waals surface area contributed by atoms with Crippen LogP contribution in [-0.4, -0.2) is 19.6 Å². The fourth-order valence-corrected chi connectivity index (χ4v) is 1.58. The molecule has 0 amide bonds. The third-order valence-corrected chi connectivity index (χ3v) is 2.78. The maximum atomic E-state index is 10.8. The van der Waals surface area contributed by atoms with Gasteiger partial charge in [-0.05, 0) is 11.6 Å². The Bertz CT molecular complexity index is 328. The molecule has 1 rings (SSSR count). The lowest BCUT2D eigenvalue weighted by atomic mass is 10.2. The summed E-state index contributed by atoms with van der Waals surface area (Å²) in [6, 6.07) is 8.00. The quantitative estimate of drug-likeness (QED) is 0.659. The van der Waals surface area contributed by atoms with Crippen LogP contribution >= 0.6 is 15.9 Å². The highest BCUT2D eigenvalue weighted by atomic mass is 79.9. The molecule has 82 valence electrons. The van der Waals surface area contributed by atoms with Crippen LogP contribution < -0.4 is 5.32 Å². The van der Waals surface area contributed by atoms with Gasteiger partial charge in [0.1, 0.15) is 0 Å². The normalized spacial score (nSPS) is 10.0. The molecule has 4 heteroatoms. The van der Waals surface area contributed by atoms with E-state index in [9.17, 15) is 4.79 Å². The van der Waals surface area contributed by atoms with Crippen LogP contribution in [0.15, 0.2) is 28.7 Å². The van der Waals surface area contributed by atoms with Crippen LogP contribution in [0.2, 0.25) is 0 Å².